The molecule has 0 unspecified atom stereocenters. The topological polar surface area (TPSA) is 28.7 Å². The molecule has 1 N–H and O–H groups in total. The number of H-pyrrole nitrogens is 1. The first kappa shape index (κ1) is 13.4. The average molecular weight is 204 g/mol. The molecule has 0 aromatic carbocycles. The minimum absolute atomic E-state index is 1.21. The monoisotopic (exact) mass is 204 g/mol. The Morgan fingerprint density at radius 1 is 1.07 bits per heavy atom. The summed E-state index contributed by atoms with van der Waals surface area (Å²) in [7, 11) is 0. The van der Waals surface area contributed by atoms with Crippen LogP contribution >= 0.6 is 0 Å². The van der Waals surface area contributed by atoms with E-state index in [1.807, 2.05) is 64.4 Å². The van der Waals surface area contributed by atoms with Gasteiger partial charge in [-0.3, -0.25) is 4.98 Å². The second-order valence-corrected chi connectivity index (χ2v) is 2.88. The number of aromatic nitrogens is 2. The van der Waals surface area contributed by atoms with Gasteiger partial charge >= 0.3 is 0 Å². The minimum Gasteiger partial charge on any atom is -0.365 e. The third-order valence-electron chi connectivity index (χ3n) is 1.56. The number of nitrogens with one attached hydrogen (secondary N) is 1. The second-order valence-electron chi connectivity index (χ2n) is 2.88. The lowest BCUT2D eigenvalue weighted by Crippen LogP contribution is -1.69. The van der Waals surface area contributed by atoms with E-state index < -0.39 is 0 Å². The van der Waals surface area contributed by atoms with Crippen molar-refractivity contribution in [2.75, 3.05) is 0 Å². The first-order valence-corrected chi connectivity index (χ1v) is 5.25. The van der Waals surface area contributed by atoms with Gasteiger partial charge in [0.05, 0.1) is 0 Å². The molecule has 0 bridgehead atoms. The molecule has 0 spiro atoms. The average Bonchev–Trinajstić information content (AvgIpc) is 2.74. The van der Waals surface area contributed by atoms with Crippen LogP contribution in [0.3, 0.4) is 0 Å². The van der Waals surface area contributed by atoms with Crippen LogP contribution in [0.15, 0.2) is 42.9 Å². The number of rotatable bonds is 0. The number of hydrogen-bond donors (Lipinski definition) is 1. The molecular weight excluding hydrogens is 184 g/mol. The van der Waals surface area contributed by atoms with Crippen LogP contribution in [0.1, 0.15) is 25.1 Å². The molecule has 0 radical (unpaired) electrons. The molecule has 2 heteroatoms. The molecule has 2 aromatic heterocycles. The van der Waals surface area contributed by atoms with Crippen molar-refractivity contribution in [1.82, 2.24) is 9.97 Å². The Kier molecular flexibility index (Phi) is 8.06. The maximum absolute atomic E-state index is 3.88. The van der Waals surface area contributed by atoms with Crippen LogP contribution in [0.25, 0.3) is 0 Å². The van der Waals surface area contributed by atoms with Gasteiger partial charge in [0.1, 0.15) is 0 Å². The summed E-state index contributed by atoms with van der Waals surface area (Å²) >= 11 is 0. The van der Waals surface area contributed by atoms with Crippen molar-refractivity contribution in [3.05, 3.63) is 54.1 Å². The highest BCUT2D eigenvalue weighted by molar-refractivity contribution is 5.04. The maximum atomic E-state index is 3.88. The third kappa shape index (κ3) is 7.50. The Morgan fingerprint density at radius 3 is 2.00 bits per heavy atom. The Labute approximate surface area is 92.4 Å². The Morgan fingerprint density at radius 2 is 1.80 bits per heavy atom. The van der Waals surface area contributed by atoms with Gasteiger partial charge in [-0.15, -0.1) is 0 Å². The van der Waals surface area contributed by atoms with Gasteiger partial charge in [-0.25, -0.2) is 0 Å². The maximum Gasteiger partial charge on any atom is 0.0297 e. The summed E-state index contributed by atoms with van der Waals surface area (Å²) in [5.41, 5.74) is 2.43. The summed E-state index contributed by atoms with van der Waals surface area (Å²) < 4.78 is 0. The summed E-state index contributed by atoms with van der Waals surface area (Å²) in [4.78, 5) is 6.88. The fourth-order valence-electron chi connectivity index (χ4n) is 0.868. The molecule has 15 heavy (non-hydrogen) atoms. The van der Waals surface area contributed by atoms with Crippen molar-refractivity contribution >= 4 is 0 Å². The van der Waals surface area contributed by atoms with Gasteiger partial charge < -0.3 is 4.98 Å². The zero-order chi connectivity index (χ0) is 11.5. The van der Waals surface area contributed by atoms with E-state index in [4.69, 9.17) is 0 Å². The van der Waals surface area contributed by atoms with Crippen LogP contribution in [0.2, 0.25) is 0 Å². The van der Waals surface area contributed by atoms with Crippen molar-refractivity contribution in [3.63, 3.8) is 0 Å². The van der Waals surface area contributed by atoms with Gasteiger partial charge in [0.25, 0.3) is 0 Å². The standard InChI is InChI=1S/C6H7N.C5H7N.C2H6/c1-6-3-2-4-7-5-6;1-5-3-2-4-6-5;1-2/h2-5H,1H3;2-4,6H,1H3;1-2H3. The molecule has 2 rings (SSSR count). The van der Waals surface area contributed by atoms with Crippen molar-refractivity contribution < 1.29 is 0 Å². The number of nitrogens with zero attached hydrogens (tertiary/aromatic N) is 1. The highest BCUT2D eigenvalue weighted by atomic mass is 14.7. The fourth-order valence-corrected chi connectivity index (χ4v) is 0.868. The minimum atomic E-state index is 1.21. The van der Waals surface area contributed by atoms with Crippen molar-refractivity contribution in [2.24, 2.45) is 0 Å². The molecule has 0 atom stereocenters. The summed E-state index contributed by atoms with van der Waals surface area (Å²) in [6.07, 6.45) is 5.52. The zero-order valence-electron chi connectivity index (χ0n) is 9.99. The van der Waals surface area contributed by atoms with E-state index in [-0.39, 0.29) is 0 Å². The predicted octanol–water partition coefficient (Wildman–Crippen LogP) is 3.74. The van der Waals surface area contributed by atoms with Gasteiger partial charge in [0.15, 0.2) is 0 Å². The number of aryl methyl sites for hydroxylation is 2. The number of hydrogen-bond acceptors (Lipinski definition) is 1. The summed E-state index contributed by atoms with van der Waals surface area (Å²) in [5, 5.41) is 0. The van der Waals surface area contributed by atoms with E-state index >= 15 is 0 Å². The quantitative estimate of drug-likeness (QED) is 0.695. The Hall–Kier alpha value is -1.57. The Balaban J connectivity index is 0.000000227. The predicted molar refractivity (Wildman–Crippen MR) is 65.9 cm³/mol. The number of aromatic amines is 1. The van der Waals surface area contributed by atoms with Crippen molar-refractivity contribution in [2.45, 2.75) is 27.7 Å². The lowest BCUT2D eigenvalue weighted by Gasteiger charge is -1.82. The molecule has 82 valence electrons. The molecule has 0 aliphatic carbocycles. The fraction of sp³-hybridized carbons (Fsp3) is 0.308. The summed E-state index contributed by atoms with van der Waals surface area (Å²) in [6.45, 7) is 8.05. The van der Waals surface area contributed by atoms with E-state index in [1.54, 1.807) is 6.20 Å². The first-order chi connectivity index (χ1) is 7.29. The smallest absolute Gasteiger partial charge is 0.0297 e. The highest BCUT2D eigenvalue weighted by Crippen LogP contribution is 1.88. The van der Waals surface area contributed by atoms with Crippen molar-refractivity contribution in [1.29, 1.82) is 0 Å². The SMILES string of the molecule is CC.Cc1ccc[nH]1.Cc1cccnc1. The molecule has 2 nitrogen and oxygen atoms in total. The van der Waals surface area contributed by atoms with Crippen molar-refractivity contribution in [3.8, 4) is 0 Å². The molecule has 0 fully saturated rings. The van der Waals surface area contributed by atoms with E-state index in [0.717, 1.165) is 0 Å². The molecule has 0 aliphatic rings. The van der Waals surface area contributed by atoms with E-state index in [1.165, 1.54) is 11.3 Å². The molecule has 2 heterocycles. The summed E-state index contributed by atoms with van der Waals surface area (Å²) in [5.74, 6) is 0. The molecule has 0 saturated heterocycles. The molecule has 0 amide bonds. The zero-order valence-corrected chi connectivity index (χ0v) is 9.99. The van der Waals surface area contributed by atoms with Gasteiger partial charge in [-0.1, -0.05) is 19.9 Å². The lowest BCUT2D eigenvalue weighted by molar-refractivity contribution is 1.27. The van der Waals surface area contributed by atoms with Crippen LogP contribution in [-0.4, -0.2) is 9.97 Å². The van der Waals surface area contributed by atoms with E-state index in [0.29, 0.717) is 0 Å². The van der Waals surface area contributed by atoms with E-state index in [2.05, 4.69) is 9.97 Å². The largest absolute Gasteiger partial charge is 0.365 e. The number of pyridine rings is 1. The second kappa shape index (κ2) is 9.00. The van der Waals surface area contributed by atoms with Crippen LogP contribution < -0.4 is 0 Å². The normalized spacial score (nSPS) is 8.00. The van der Waals surface area contributed by atoms with E-state index in [9.17, 15) is 0 Å². The van der Waals surface area contributed by atoms with Gasteiger partial charge in [0.2, 0.25) is 0 Å². The molecule has 0 aliphatic heterocycles. The lowest BCUT2D eigenvalue weighted by atomic mass is 10.3. The highest BCUT2D eigenvalue weighted by Gasteiger charge is 1.73. The summed E-state index contributed by atoms with van der Waals surface area (Å²) in [6, 6.07) is 7.96. The van der Waals surface area contributed by atoms with Crippen LogP contribution in [0, 0.1) is 13.8 Å². The van der Waals surface area contributed by atoms with Gasteiger partial charge in [0, 0.05) is 24.3 Å². The third-order valence-corrected chi connectivity index (χ3v) is 1.56. The first-order valence-electron chi connectivity index (χ1n) is 5.25. The van der Waals surface area contributed by atoms with Crippen LogP contribution in [0.4, 0.5) is 0 Å². The van der Waals surface area contributed by atoms with Crippen LogP contribution in [-0.2, 0) is 0 Å². The van der Waals surface area contributed by atoms with Crippen LogP contribution in [0.5, 0.6) is 0 Å². The molecule has 2 aromatic rings. The Bertz CT molecular complexity index is 312. The van der Waals surface area contributed by atoms with Gasteiger partial charge in [-0.05, 0) is 37.6 Å². The molecule has 0 saturated carbocycles. The molecular formula is C13H20N2. The van der Waals surface area contributed by atoms with Gasteiger partial charge in [-0.2, -0.15) is 0 Å².